The summed E-state index contributed by atoms with van der Waals surface area (Å²) < 4.78 is 16.8. The molecule has 2 heterocycles. The molecule has 1 atom stereocenters. The minimum atomic E-state index is -0.372. The van der Waals surface area contributed by atoms with Crippen LogP contribution in [0.15, 0.2) is 47.4 Å². The molecule has 0 unspecified atom stereocenters. The fraction of sp³-hybridized carbons (Fsp3) is 0.310. The van der Waals surface area contributed by atoms with Crippen molar-refractivity contribution in [3.05, 3.63) is 92.3 Å². The first-order valence-corrected chi connectivity index (χ1v) is 12.3. The predicted molar refractivity (Wildman–Crippen MR) is 143 cm³/mol. The third kappa shape index (κ3) is 4.71. The maximum absolute atomic E-state index is 14.6. The quantitative estimate of drug-likeness (QED) is 0.324. The highest BCUT2D eigenvalue weighted by molar-refractivity contribution is 6.09. The summed E-state index contributed by atoms with van der Waals surface area (Å²) in [6, 6.07) is 10.9. The minimum absolute atomic E-state index is 0.108. The lowest BCUT2D eigenvalue weighted by atomic mass is 9.97. The molecule has 4 rings (SSSR count). The number of hydrogen-bond acceptors (Lipinski definition) is 3. The highest BCUT2D eigenvalue weighted by atomic mass is 19.1. The summed E-state index contributed by atoms with van der Waals surface area (Å²) in [5.41, 5.74) is 11.8. The zero-order valence-corrected chi connectivity index (χ0v) is 21.5. The Morgan fingerprint density at radius 1 is 1.11 bits per heavy atom. The van der Waals surface area contributed by atoms with Gasteiger partial charge in [0.15, 0.2) is 0 Å². The number of hydrogen-bond donors (Lipinski definition) is 3. The van der Waals surface area contributed by atoms with Crippen molar-refractivity contribution < 1.29 is 9.18 Å². The smallest absolute Gasteiger partial charge is 0.253 e. The summed E-state index contributed by atoms with van der Waals surface area (Å²) >= 11 is 0. The van der Waals surface area contributed by atoms with Crippen LogP contribution in [0.3, 0.4) is 0 Å². The van der Waals surface area contributed by atoms with Gasteiger partial charge in [0, 0.05) is 58.6 Å². The summed E-state index contributed by atoms with van der Waals surface area (Å²) in [5, 5.41) is 3.79. The van der Waals surface area contributed by atoms with Crippen molar-refractivity contribution in [1.82, 2.24) is 14.9 Å². The van der Waals surface area contributed by atoms with Gasteiger partial charge in [0.1, 0.15) is 5.82 Å². The lowest BCUT2D eigenvalue weighted by Gasteiger charge is -2.16. The monoisotopic (exact) mass is 488 g/mol. The molecule has 0 saturated carbocycles. The van der Waals surface area contributed by atoms with Crippen LogP contribution in [0.2, 0.25) is 0 Å². The molecule has 2 aromatic heterocycles. The minimum Gasteiger partial charge on any atom is -0.348 e. The molecule has 0 aliphatic carbocycles. The molecule has 36 heavy (non-hydrogen) atoms. The van der Waals surface area contributed by atoms with Crippen LogP contribution in [-0.4, -0.2) is 15.5 Å². The number of amides is 1. The second-order valence-electron chi connectivity index (χ2n) is 9.53. The number of carbonyl (C=O) groups excluding carboxylic acids is 1. The molecule has 4 aromatic rings. The average Bonchev–Trinajstić information content (AvgIpc) is 3.18. The number of H-pyrrole nitrogens is 1. The molecule has 6 nitrogen and oxygen atoms in total. The maximum Gasteiger partial charge on any atom is 0.253 e. The second kappa shape index (κ2) is 10.1. The SMILES string of the molecule is CC[C@H](C)n1cc(C)c2c(C(=O)NCc3c(C)cc(C)[nH]c3=O)cc(-c3ccc(CN)c(F)c3)cc21. The van der Waals surface area contributed by atoms with Crippen LogP contribution >= 0.6 is 0 Å². The number of nitrogens with two attached hydrogens (primary N) is 1. The van der Waals surface area contributed by atoms with Gasteiger partial charge in [-0.2, -0.15) is 0 Å². The van der Waals surface area contributed by atoms with Crippen molar-refractivity contribution in [1.29, 1.82) is 0 Å². The molecule has 0 aliphatic heterocycles. The molecule has 188 valence electrons. The third-order valence-corrected chi connectivity index (χ3v) is 6.96. The molecular weight excluding hydrogens is 455 g/mol. The standard InChI is InChI=1S/C29H33FN4O2/c1-6-19(5)34-15-17(3)27-23(28(35)32-14-24-16(2)9-18(4)33-29(24)36)10-22(12-26(27)34)20-7-8-21(13-31)25(30)11-20/h7-12,15,19H,6,13-14,31H2,1-5H3,(H,32,35)(H,33,36)/t19-/m0/s1. The Morgan fingerprint density at radius 2 is 1.86 bits per heavy atom. The number of pyridine rings is 1. The van der Waals surface area contributed by atoms with Gasteiger partial charge in [0.2, 0.25) is 0 Å². The van der Waals surface area contributed by atoms with E-state index in [2.05, 4.69) is 34.9 Å². The number of fused-ring (bicyclic) bond motifs is 1. The number of aromatic nitrogens is 2. The van der Waals surface area contributed by atoms with E-state index in [4.69, 9.17) is 5.73 Å². The summed E-state index contributed by atoms with van der Waals surface area (Å²) in [6.07, 6.45) is 2.98. The largest absolute Gasteiger partial charge is 0.348 e. The molecule has 4 N–H and O–H groups in total. The van der Waals surface area contributed by atoms with E-state index in [-0.39, 0.29) is 36.4 Å². The van der Waals surface area contributed by atoms with Gasteiger partial charge in [0.25, 0.3) is 11.5 Å². The number of aryl methyl sites for hydroxylation is 3. The Bertz CT molecular complexity index is 1520. The van der Waals surface area contributed by atoms with Gasteiger partial charge in [-0.3, -0.25) is 9.59 Å². The van der Waals surface area contributed by atoms with E-state index in [1.54, 1.807) is 12.1 Å². The molecule has 0 fully saturated rings. The van der Waals surface area contributed by atoms with Crippen LogP contribution in [0, 0.1) is 26.6 Å². The van der Waals surface area contributed by atoms with Crippen LogP contribution in [0.1, 0.15) is 64.6 Å². The van der Waals surface area contributed by atoms with Crippen molar-refractivity contribution >= 4 is 16.8 Å². The van der Waals surface area contributed by atoms with Crippen LogP contribution < -0.4 is 16.6 Å². The molecule has 0 radical (unpaired) electrons. The van der Waals surface area contributed by atoms with E-state index in [1.807, 2.05) is 39.0 Å². The van der Waals surface area contributed by atoms with Crippen LogP contribution in [-0.2, 0) is 13.1 Å². The lowest BCUT2D eigenvalue weighted by Crippen LogP contribution is -2.28. The van der Waals surface area contributed by atoms with E-state index < -0.39 is 0 Å². The van der Waals surface area contributed by atoms with Crippen LogP contribution in [0.4, 0.5) is 4.39 Å². The van der Waals surface area contributed by atoms with Crippen molar-refractivity contribution in [2.45, 2.75) is 60.2 Å². The Labute approximate surface area is 210 Å². The summed E-state index contributed by atoms with van der Waals surface area (Å²) in [5.74, 6) is -0.658. The molecule has 0 bridgehead atoms. The summed E-state index contributed by atoms with van der Waals surface area (Å²) in [4.78, 5) is 28.8. The number of nitrogens with zero attached hydrogens (tertiary/aromatic N) is 1. The van der Waals surface area contributed by atoms with Gasteiger partial charge >= 0.3 is 0 Å². The number of aromatic amines is 1. The van der Waals surface area contributed by atoms with Crippen LogP contribution in [0.25, 0.3) is 22.0 Å². The molecule has 1 amide bonds. The maximum atomic E-state index is 14.6. The highest BCUT2D eigenvalue weighted by Gasteiger charge is 2.20. The first kappa shape index (κ1) is 25.4. The van der Waals surface area contributed by atoms with Crippen molar-refractivity contribution in [2.75, 3.05) is 0 Å². The van der Waals surface area contributed by atoms with Crippen molar-refractivity contribution in [3.63, 3.8) is 0 Å². The highest BCUT2D eigenvalue weighted by Crippen LogP contribution is 2.34. The predicted octanol–water partition coefficient (Wildman–Crippen LogP) is 5.42. The number of benzene rings is 2. The Kier molecular flexibility index (Phi) is 7.13. The van der Waals surface area contributed by atoms with Gasteiger partial charge in [-0.1, -0.05) is 19.1 Å². The number of rotatable bonds is 7. The van der Waals surface area contributed by atoms with Gasteiger partial charge in [-0.15, -0.1) is 0 Å². The number of carbonyl (C=O) groups is 1. The Balaban J connectivity index is 1.83. The zero-order chi connectivity index (χ0) is 26.1. The first-order valence-electron chi connectivity index (χ1n) is 12.3. The van der Waals surface area contributed by atoms with E-state index in [9.17, 15) is 14.0 Å². The van der Waals surface area contributed by atoms with Gasteiger partial charge < -0.3 is 20.6 Å². The van der Waals surface area contributed by atoms with E-state index in [0.717, 1.165) is 39.7 Å². The Hall–Kier alpha value is -3.71. The third-order valence-electron chi connectivity index (χ3n) is 6.96. The van der Waals surface area contributed by atoms with Gasteiger partial charge in [-0.05, 0) is 80.6 Å². The topological polar surface area (TPSA) is 92.9 Å². The normalized spacial score (nSPS) is 12.2. The fourth-order valence-corrected chi connectivity index (χ4v) is 4.75. The van der Waals surface area contributed by atoms with Crippen LogP contribution in [0.5, 0.6) is 0 Å². The molecular formula is C29H33FN4O2. The lowest BCUT2D eigenvalue weighted by molar-refractivity contribution is 0.0952. The molecule has 2 aromatic carbocycles. The second-order valence-corrected chi connectivity index (χ2v) is 9.53. The molecule has 0 saturated heterocycles. The molecule has 0 spiro atoms. The fourth-order valence-electron chi connectivity index (χ4n) is 4.75. The average molecular weight is 489 g/mol. The van der Waals surface area contributed by atoms with Gasteiger partial charge in [0.05, 0.1) is 0 Å². The van der Waals surface area contributed by atoms with E-state index >= 15 is 0 Å². The van der Waals surface area contributed by atoms with Crippen molar-refractivity contribution in [2.24, 2.45) is 5.73 Å². The summed E-state index contributed by atoms with van der Waals surface area (Å²) in [7, 11) is 0. The molecule has 0 aliphatic rings. The zero-order valence-electron chi connectivity index (χ0n) is 21.5. The Morgan fingerprint density at radius 3 is 2.50 bits per heavy atom. The number of nitrogens with one attached hydrogen (secondary N) is 2. The van der Waals surface area contributed by atoms with E-state index in [0.29, 0.717) is 22.3 Å². The molecule has 7 heteroatoms. The first-order chi connectivity index (χ1) is 17.1. The van der Waals surface area contributed by atoms with E-state index in [1.165, 1.54) is 6.07 Å². The number of halogens is 1. The van der Waals surface area contributed by atoms with Crippen molar-refractivity contribution in [3.8, 4) is 11.1 Å². The van der Waals surface area contributed by atoms with Gasteiger partial charge in [-0.25, -0.2) is 4.39 Å². The summed E-state index contributed by atoms with van der Waals surface area (Å²) in [6.45, 7) is 10.1.